The van der Waals surface area contributed by atoms with E-state index in [4.69, 9.17) is 0 Å². The van der Waals surface area contributed by atoms with Gasteiger partial charge in [0.15, 0.2) is 5.78 Å². The largest absolute Gasteiger partial charge is 0.508 e. The van der Waals surface area contributed by atoms with Crippen molar-refractivity contribution in [3.63, 3.8) is 0 Å². The van der Waals surface area contributed by atoms with Crippen LogP contribution in [0.5, 0.6) is 5.75 Å². The number of hydrogen-bond acceptors (Lipinski definition) is 5. The number of hydrogen-bond donors (Lipinski definition) is 1. The van der Waals surface area contributed by atoms with Crippen LogP contribution in [0.3, 0.4) is 0 Å². The Labute approximate surface area is 234 Å². The summed E-state index contributed by atoms with van der Waals surface area (Å²) in [6, 6.07) is 9.59. The van der Waals surface area contributed by atoms with E-state index in [2.05, 4.69) is 9.80 Å². The quantitative estimate of drug-likeness (QED) is 0.330. The lowest BCUT2D eigenvalue weighted by molar-refractivity contribution is -0.142. The Bertz CT molecular complexity index is 1190. The lowest BCUT2D eigenvalue weighted by Gasteiger charge is -2.45. The van der Waals surface area contributed by atoms with Gasteiger partial charge in [0.1, 0.15) is 11.6 Å². The molecule has 0 radical (unpaired) electrons. The number of nitrogens with zero attached hydrogens (tertiary/aromatic N) is 3. The third-order valence-electron chi connectivity index (χ3n) is 8.43. The van der Waals surface area contributed by atoms with Crippen molar-refractivity contribution in [2.75, 3.05) is 46.8 Å². The van der Waals surface area contributed by atoms with Gasteiger partial charge < -0.3 is 19.8 Å². The molecular formula is C31H40F3N3O3. The first-order valence-electron chi connectivity index (χ1n) is 14.1. The van der Waals surface area contributed by atoms with Gasteiger partial charge in [0.05, 0.1) is 12.0 Å². The molecule has 2 aromatic carbocycles. The van der Waals surface area contributed by atoms with Gasteiger partial charge in [0.25, 0.3) is 6.43 Å². The number of phenols is 1. The highest BCUT2D eigenvalue weighted by Crippen LogP contribution is 2.43. The molecule has 3 unspecified atom stereocenters. The summed E-state index contributed by atoms with van der Waals surface area (Å²) in [4.78, 5) is 33.7. The Balaban J connectivity index is 1.76. The number of carbonyl (C=O) groups is 2. The number of likely N-dealkylation sites (tertiary alicyclic amines) is 2. The molecule has 2 aromatic rings. The molecule has 2 aliphatic rings. The van der Waals surface area contributed by atoms with Gasteiger partial charge in [-0.2, -0.15) is 0 Å². The third-order valence-corrected chi connectivity index (χ3v) is 8.43. The number of alkyl halides is 2. The Kier molecular flexibility index (Phi) is 9.90. The van der Waals surface area contributed by atoms with Gasteiger partial charge in [-0.15, -0.1) is 0 Å². The average Bonchev–Trinajstić information content (AvgIpc) is 3.42. The summed E-state index contributed by atoms with van der Waals surface area (Å²) in [5, 5.41) is 10.1. The standard InChI is InChI=1S/C31H40F3N3O3/c1-20-23(11-7-12-26(20)32)28-24(29(39)21-9-6-10-22(38)17-21)18-36(15-5-4-14-35(2)3)19-25(28)31(40)37-16-8-13-27(37)30(33)34/h6-7,9-12,17,24-25,27-28,30,38H,4-5,8,13-16,18-19H2,1-3H3/t24?,25?,27-,28?/m1/s1. The molecule has 1 amide bonds. The molecule has 4 rings (SSSR count). The van der Waals surface area contributed by atoms with Crippen molar-refractivity contribution >= 4 is 11.7 Å². The van der Waals surface area contributed by atoms with E-state index in [-0.39, 0.29) is 24.5 Å². The minimum atomic E-state index is -2.66. The molecule has 2 aliphatic heterocycles. The molecule has 0 spiro atoms. The SMILES string of the molecule is Cc1c(F)cccc1C1C(C(=O)c2cccc(O)c2)CN(CCCCN(C)C)CC1C(=O)N1CCC[C@@H]1C(F)F. The van der Waals surface area contributed by atoms with Crippen LogP contribution < -0.4 is 0 Å². The Hall–Kier alpha value is -2.91. The number of aromatic hydroxyl groups is 1. The molecule has 218 valence electrons. The minimum Gasteiger partial charge on any atom is -0.508 e. The van der Waals surface area contributed by atoms with Crippen molar-refractivity contribution in [1.29, 1.82) is 0 Å². The van der Waals surface area contributed by atoms with E-state index in [0.29, 0.717) is 42.7 Å². The number of unbranched alkanes of at least 4 members (excludes halogenated alkanes) is 1. The Morgan fingerprint density at radius 3 is 2.50 bits per heavy atom. The predicted molar refractivity (Wildman–Crippen MR) is 148 cm³/mol. The molecule has 0 bridgehead atoms. The molecule has 2 fully saturated rings. The first kappa shape index (κ1) is 30.1. The molecule has 0 aromatic heterocycles. The van der Waals surface area contributed by atoms with Gasteiger partial charge >= 0.3 is 0 Å². The second-order valence-corrected chi connectivity index (χ2v) is 11.5. The zero-order valence-electron chi connectivity index (χ0n) is 23.5. The second kappa shape index (κ2) is 13.2. The summed E-state index contributed by atoms with van der Waals surface area (Å²) in [6.45, 7) is 4.07. The maximum atomic E-state index is 14.9. The van der Waals surface area contributed by atoms with Crippen molar-refractivity contribution in [1.82, 2.24) is 14.7 Å². The van der Waals surface area contributed by atoms with Gasteiger partial charge in [0.2, 0.25) is 5.91 Å². The Morgan fingerprint density at radius 1 is 1.07 bits per heavy atom. The maximum absolute atomic E-state index is 14.9. The normalized spacial score (nSPS) is 23.8. The number of rotatable bonds is 10. The number of phenolic OH excluding ortho intramolecular Hbond substituents is 1. The average molecular weight is 560 g/mol. The summed E-state index contributed by atoms with van der Waals surface area (Å²) < 4.78 is 42.7. The molecule has 2 heterocycles. The fraction of sp³-hybridized carbons (Fsp3) is 0.548. The van der Waals surface area contributed by atoms with Crippen molar-refractivity contribution < 1.29 is 27.9 Å². The fourth-order valence-electron chi connectivity index (χ4n) is 6.40. The van der Waals surface area contributed by atoms with Crippen molar-refractivity contribution in [2.24, 2.45) is 11.8 Å². The third kappa shape index (κ3) is 6.69. The van der Waals surface area contributed by atoms with E-state index in [1.807, 2.05) is 14.1 Å². The topological polar surface area (TPSA) is 64.1 Å². The fourth-order valence-corrected chi connectivity index (χ4v) is 6.40. The highest BCUT2D eigenvalue weighted by atomic mass is 19.3. The number of benzene rings is 2. The summed E-state index contributed by atoms with van der Waals surface area (Å²) in [7, 11) is 4.00. The minimum absolute atomic E-state index is 0.0508. The summed E-state index contributed by atoms with van der Waals surface area (Å²) in [5.74, 6) is -3.37. The van der Waals surface area contributed by atoms with Crippen molar-refractivity contribution in [3.05, 3.63) is 65.0 Å². The first-order chi connectivity index (χ1) is 19.1. The summed E-state index contributed by atoms with van der Waals surface area (Å²) in [6.07, 6.45) is -0.147. The highest BCUT2D eigenvalue weighted by molar-refractivity contribution is 5.99. The lowest BCUT2D eigenvalue weighted by Crippen LogP contribution is -2.55. The zero-order valence-corrected chi connectivity index (χ0v) is 23.5. The zero-order chi connectivity index (χ0) is 29.0. The van der Waals surface area contributed by atoms with Crippen molar-refractivity contribution in [3.8, 4) is 5.75 Å². The van der Waals surface area contributed by atoms with Crippen LogP contribution in [0.15, 0.2) is 42.5 Å². The van der Waals surface area contributed by atoms with E-state index in [0.717, 1.165) is 19.4 Å². The number of piperidine rings is 1. The lowest BCUT2D eigenvalue weighted by atomic mass is 9.69. The van der Waals surface area contributed by atoms with E-state index >= 15 is 0 Å². The molecule has 1 N–H and O–H groups in total. The molecule has 0 saturated carbocycles. The van der Waals surface area contributed by atoms with E-state index in [1.165, 1.54) is 23.1 Å². The van der Waals surface area contributed by atoms with Crippen molar-refractivity contribution in [2.45, 2.75) is 51.0 Å². The number of carbonyl (C=O) groups excluding carboxylic acids is 2. The van der Waals surface area contributed by atoms with Crippen LogP contribution in [-0.2, 0) is 4.79 Å². The molecule has 4 atom stereocenters. The molecule has 9 heteroatoms. The van der Waals surface area contributed by atoms with Crippen LogP contribution in [-0.4, -0.2) is 90.8 Å². The van der Waals surface area contributed by atoms with Crippen LogP contribution in [0.2, 0.25) is 0 Å². The van der Waals surface area contributed by atoms with Gasteiger partial charge in [-0.1, -0.05) is 24.3 Å². The smallest absolute Gasteiger partial charge is 0.258 e. The monoisotopic (exact) mass is 559 g/mol. The van der Waals surface area contributed by atoms with Crippen LogP contribution >= 0.6 is 0 Å². The number of Topliss-reactive ketones (excluding diaryl/α,β-unsaturated/α-hetero) is 1. The van der Waals surface area contributed by atoms with Gasteiger partial charge in [0, 0.05) is 37.0 Å². The van der Waals surface area contributed by atoms with Gasteiger partial charge in [-0.3, -0.25) is 9.59 Å². The van der Waals surface area contributed by atoms with E-state index < -0.39 is 41.9 Å². The van der Waals surface area contributed by atoms with Crippen LogP contribution in [0.1, 0.15) is 53.1 Å². The predicted octanol–water partition coefficient (Wildman–Crippen LogP) is 4.95. The van der Waals surface area contributed by atoms with Crippen LogP contribution in [0, 0.1) is 24.6 Å². The molecule has 0 aliphatic carbocycles. The number of halogens is 3. The molecule has 2 saturated heterocycles. The van der Waals surface area contributed by atoms with Crippen LogP contribution in [0.4, 0.5) is 13.2 Å². The highest BCUT2D eigenvalue weighted by Gasteiger charge is 2.48. The van der Waals surface area contributed by atoms with Gasteiger partial charge in [-0.25, -0.2) is 13.2 Å². The van der Waals surface area contributed by atoms with Gasteiger partial charge in [-0.05, 0) is 89.1 Å². The molecule has 6 nitrogen and oxygen atoms in total. The Morgan fingerprint density at radius 2 is 1.80 bits per heavy atom. The maximum Gasteiger partial charge on any atom is 0.258 e. The van der Waals surface area contributed by atoms with Crippen LogP contribution in [0.25, 0.3) is 0 Å². The van der Waals surface area contributed by atoms with E-state index in [1.54, 1.807) is 31.2 Å². The van der Waals surface area contributed by atoms with E-state index in [9.17, 15) is 27.9 Å². The first-order valence-corrected chi connectivity index (χ1v) is 14.1. The summed E-state index contributed by atoms with van der Waals surface area (Å²) >= 11 is 0. The summed E-state index contributed by atoms with van der Waals surface area (Å²) in [5.41, 5.74) is 1.21. The number of amides is 1. The second-order valence-electron chi connectivity index (χ2n) is 11.5. The molecule has 40 heavy (non-hydrogen) atoms. The number of ketones is 1. The molecular weight excluding hydrogens is 519 g/mol.